The quantitative estimate of drug-likeness (QED) is 0.617. The lowest BCUT2D eigenvalue weighted by Gasteiger charge is -2.41. The summed E-state index contributed by atoms with van der Waals surface area (Å²) in [5, 5.41) is 2.78. The SMILES string of the molecule is O=C1Nc2ccc(F)cc2/C1=C1\OCc2cc(CCCN3CCS(O)(O)CC3)ccc21. The molecule has 0 radical (unpaired) electrons. The van der Waals surface area contributed by atoms with Gasteiger partial charge in [-0.25, -0.2) is 4.39 Å². The lowest BCUT2D eigenvalue weighted by atomic mass is 9.98. The number of fused-ring (bicyclic) bond motifs is 2. The van der Waals surface area contributed by atoms with Gasteiger partial charge in [-0.2, -0.15) is 10.6 Å². The number of benzene rings is 2. The van der Waals surface area contributed by atoms with Crippen LogP contribution in [0.5, 0.6) is 0 Å². The molecule has 1 amide bonds. The van der Waals surface area contributed by atoms with E-state index in [2.05, 4.69) is 22.3 Å². The minimum Gasteiger partial charge on any atom is -0.487 e. The normalized spacial score (nSPS) is 23.1. The highest BCUT2D eigenvalue weighted by Crippen LogP contribution is 2.42. The van der Waals surface area contributed by atoms with Crippen LogP contribution in [0.3, 0.4) is 0 Å². The van der Waals surface area contributed by atoms with Crippen LogP contribution >= 0.6 is 10.6 Å². The monoisotopic (exact) mass is 444 g/mol. The van der Waals surface area contributed by atoms with Gasteiger partial charge in [-0.05, 0) is 43.1 Å². The van der Waals surface area contributed by atoms with Gasteiger partial charge < -0.3 is 15.0 Å². The smallest absolute Gasteiger partial charge is 0.260 e. The Balaban J connectivity index is 1.29. The molecule has 5 rings (SSSR count). The summed E-state index contributed by atoms with van der Waals surface area (Å²) in [5.74, 6) is 0.796. The number of ether oxygens (including phenoxy) is 1. The maximum absolute atomic E-state index is 13.8. The average molecular weight is 445 g/mol. The van der Waals surface area contributed by atoms with Gasteiger partial charge >= 0.3 is 0 Å². The molecular formula is C23H25FN2O4S. The van der Waals surface area contributed by atoms with E-state index in [4.69, 9.17) is 4.74 Å². The van der Waals surface area contributed by atoms with E-state index < -0.39 is 10.6 Å². The van der Waals surface area contributed by atoms with E-state index in [1.54, 1.807) is 6.07 Å². The van der Waals surface area contributed by atoms with Crippen LogP contribution in [0.1, 0.15) is 28.7 Å². The first-order valence-corrected chi connectivity index (χ1v) is 12.3. The molecule has 3 aliphatic heterocycles. The maximum atomic E-state index is 13.8. The Morgan fingerprint density at radius 3 is 2.71 bits per heavy atom. The van der Waals surface area contributed by atoms with Gasteiger partial charge in [0, 0.05) is 35.5 Å². The molecule has 2 aromatic rings. The molecule has 2 aromatic carbocycles. The Bertz CT molecular complexity index is 1080. The third-order valence-corrected chi connectivity index (χ3v) is 7.82. The average Bonchev–Trinajstić information content (AvgIpc) is 3.28. The molecule has 164 valence electrons. The molecule has 0 aliphatic carbocycles. The molecule has 3 aliphatic rings. The number of nitrogens with zero attached hydrogens (tertiary/aromatic N) is 1. The van der Waals surface area contributed by atoms with Crippen molar-refractivity contribution in [3.63, 3.8) is 0 Å². The first-order valence-electron chi connectivity index (χ1n) is 10.5. The lowest BCUT2D eigenvalue weighted by molar-refractivity contribution is -0.110. The van der Waals surface area contributed by atoms with Gasteiger partial charge in [0.05, 0.1) is 17.1 Å². The van der Waals surface area contributed by atoms with Crippen molar-refractivity contribution in [2.24, 2.45) is 0 Å². The predicted octanol–water partition coefficient (Wildman–Crippen LogP) is 4.18. The van der Waals surface area contributed by atoms with Crippen LogP contribution in [0.2, 0.25) is 0 Å². The summed E-state index contributed by atoms with van der Waals surface area (Å²) in [6.07, 6.45) is 1.91. The van der Waals surface area contributed by atoms with Gasteiger partial charge in [0.2, 0.25) is 0 Å². The minimum absolute atomic E-state index is 0.273. The molecule has 0 aromatic heterocycles. The molecule has 8 heteroatoms. The van der Waals surface area contributed by atoms with Gasteiger partial charge in [-0.15, -0.1) is 0 Å². The molecule has 31 heavy (non-hydrogen) atoms. The van der Waals surface area contributed by atoms with Gasteiger partial charge in [0.25, 0.3) is 5.91 Å². The van der Waals surface area contributed by atoms with Gasteiger partial charge in [-0.3, -0.25) is 13.9 Å². The lowest BCUT2D eigenvalue weighted by Crippen LogP contribution is -2.38. The maximum Gasteiger partial charge on any atom is 0.260 e. The largest absolute Gasteiger partial charge is 0.487 e. The number of hydrogen-bond acceptors (Lipinski definition) is 5. The minimum atomic E-state index is -2.35. The van der Waals surface area contributed by atoms with Crippen molar-refractivity contribution in [1.82, 2.24) is 4.90 Å². The van der Waals surface area contributed by atoms with Crippen LogP contribution in [0, 0.1) is 5.82 Å². The summed E-state index contributed by atoms with van der Waals surface area (Å²) in [5.41, 5.74) is 4.64. The Morgan fingerprint density at radius 1 is 1.10 bits per heavy atom. The second kappa shape index (κ2) is 7.94. The van der Waals surface area contributed by atoms with E-state index in [1.165, 1.54) is 17.7 Å². The summed E-state index contributed by atoms with van der Waals surface area (Å²) >= 11 is 0. The van der Waals surface area contributed by atoms with E-state index >= 15 is 0 Å². The van der Waals surface area contributed by atoms with Crippen molar-refractivity contribution in [3.8, 4) is 0 Å². The second-order valence-corrected chi connectivity index (χ2v) is 10.7. The van der Waals surface area contributed by atoms with Crippen molar-refractivity contribution >= 4 is 33.5 Å². The molecular weight excluding hydrogens is 419 g/mol. The number of carbonyl (C=O) groups is 1. The molecule has 0 saturated carbocycles. The summed E-state index contributed by atoms with van der Waals surface area (Å²) < 4.78 is 39.1. The first kappa shape index (κ1) is 20.5. The Morgan fingerprint density at radius 2 is 1.90 bits per heavy atom. The third-order valence-electron chi connectivity index (χ3n) is 6.15. The fourth-order valence-electron chi connectivity index (χ4n) is 4.44. The van der Waals surface area contributed by atoms with Crippen molar-refractivity contribution in [2.45, 2.75) is 19.4 Å². The second-order valence-electron chi connectivity index (χ2n) is 8.28. The van der Waals surface area contributed by atoms with Crippen LogP contribution in [0.4, 0.5) is 10.1 Å². The van der Waals surface area contributed by atoms with Crippen molar-refractivity contribution in [2.75, 3.05) is 36.5 Å². The van der Waals surface area contributed by atoms with Crippen LogP contribution in [0.25, 0.3) is 11.3 Å². The highest BCUT2D eigenvalue weighted by molar-refractivity contribution is 8.24. The summed E-state index contributed by atoms with van der Waals surface area (Å²) in [6, 6.07) is 10.4. The fourth-order valence-corrected chi connectivity index (χ4v) is 5.74. The molecule has 1 fully saturated rings. The fraction of sp³-hybridized carbons (Fsp3) is 0.348. The van der Waals surface area contributed by atoms with Crippen LogP contribution in [-0.4, -0.2) is 51.1 Å². The summed E-state index contributed by atoms with van der Waals surface area (Å²) in [4.78, 5) is 14.8. The summed E-state index contributed by atoms with van der Waals surface area (Å²) in [6.45, 7) is 2.80. The van der Waals surface area contributed by atoms with E-state index in [0.29, 0.717) is 40.7 Å². The third kappa shape index (κ3) is 4.08. The van der Waals surface area contributed by atoms with E-state index in [1.807, 2.05) is 6.07 Å². The standard InChI is InChI=1S/C23H25FN2O4S/c24-17-4-6-20-19(13-17)21(23(27)25-20)22-18-5-3-15(12-16(18)14-30-22)2-1-7-26-8-10-31(28,29)11-9-26/h3-6,12-13,28-29H,1-2,7-11,14H2,(H,25,27)/b22-21+. The van der Waals surface area contributed by atoms with Crippen LogP contribution in [-0.2, 0) is 22.6 Å². The zero-order valence-corrected chi connectivity index (χ0v) is 17.9. The molecule has 0 unspecified atom stereocenters. The zero-order valence-electron chi connectivity index (χ0n) is 17.1. The Hall–Kier alpha value is -2.39. The Labute approximate surface area is 182 Å². The highest BCUT2D eigenvalue weighted by atomic mass is 32.3. The molecule has 0 bridgehead atoms. The van der Waals surface area contributed by atoms with Gasteiger partial charge in [0.15, 0.2) is 0 Å². The molecule has 1 saturated heterocycles. The van der Waals surface area contributed by atoms with E-state index in [0.717, 1.165) is 43.6 Å². The molecule has 0 spiro atoms. The zero-order chi connectivity index (χ0) is 21.6. The Kier molecular flexibility index (Phi) is 5.26. The van der Waals surface area contributed by atoms with Gasteiger partial charge in [0.1, 0.15) is 18.2 Å². The molecule has 0 atom stereocenters. The van der Waals surface area contributed by atoms with Crippen LogP contribution in [0.15, 0.2) is 36.4 Å². The number of carbonyl (C=O) groups excluding carboxylic acids is 1. The topological polar surface area (TPSA) is 82.0 Å². The number of nitrogens with one attached hydrogen (secondary N) is 1. The van der Waals surface area contributed by atoms with Crippen molar-refractivity contribution in [3.05, 3.63) is 64.5 Å². The number of anilines is 1. The predicted molar refractivity (Wildman–Crippen MR) is 120 cm³/mol. The van der Waals surface area contributed by atoms with Crippen molar-refractivity contribution < 1.29 is 23.0 Å². The van der Waals surface area contributed by atoms with Gasteiger partial charge in [-0.1, -0.05) is 18.2 Å². The number of halogens is 1. The number of aryl methyl sites for hydroxylation is 1. The molecule has 3 heterocycles. The van der Waals surface area contributed by atoms with Crippen LogP contribution < -0.4 is 5.32 Å². The number of hydrogen-bond donors (Lipinski definition) is 3. The highest BCUT2D eigenvalue weighted by Gasteiger charge is 2.32. The first-order chi connectivity index (χ1) is 14.9. The van der Waals surface area contributed by atoms with Crippen molar-refractivity contribution in [1.29, 1.82) is 0 Å². The van der Waals surface area contributed by atoms with E-state index in [-0.39, 0.29) is 11.7 Å². The molecule has 3 N–H and O–H groups in total. The molecule has 6 nitrogen and oxygen atoms in total. The number of rotatable bonds is 4. The summed E-state index contributed by atoms with van der Waals surface area (Å²) in [7, 11) is -2.35. The number of amides is 1. The van der Waals surface area contributed by atoms with E-state index in [9.17, 15) is 18.3 Å².